The third-order valence-electron chi connectivity index (χ3n) is 3.37. The van der Waals surface area contributed by atoms with Crippen LogP contribution in [0.3, 0.4) is 0 Å². The van der Waals surface area contributed by atoms with E-state index < -0.39 is 0 Å². The minimum atomic E-state index is -0.327. The highest BCUT2D eigenvalue weighted by Crippen LogP contribution is 2.29. The Hall–Kier alpha value is -1.35. The topological polar surface area (TPSA) is 49.3 Å². The number of amides is 1. The van der Waals surface area contributed by atoms with Gasteiger partial charge in [0.25, 0.3) is 0 Å². The molecule has 0 fully saturated rings. The van der Waals surface area contributed by atoms with Gasteiger partial charge in [-0.25, -0.2) is 0 Å². The molecule has 1 aromatic rings. The molecule has 1 amide bonds. The molecule has 0 aliphatic rings. The number of rotatable bonds is 3. The van der Waals surface area contributed by atoms with Crippen molar-refractivity contribution in [3.63, 3.8) is 0 Å². The van der Waals surface area contributed by atoms with E-state index in [-0.39, 0.29) is 24.0 Å². The standard InChI is InChI=1S/C16H25NO2/c1-10-7-13(16(4,5)6)8-11(2)15(10)14(9-18)17-12(3)19/h7-8,14,18H,9H2,1-6H3,(H,17,19). The lowest BCUT2D eigenvalue weighted by Gasteiger charge is -2.25. The van der Waals surface area contributed by atoms with Crippen LogP contribution in [0.5, 0.6) is 0 Å². The zero-order valence-corrected chi connectivity index (χ0v) is 12.8. The van der Waals surface area contributed by atoms with Gasteiger partial charge in [0.05, 0.1) is 12.6 Å². The van der Waals surface area contributed by atoms with Crippen molar-refractivity contribution in [2.24, 2.45) is 0 Å². The summed E-state index contributed by atoms with van der Waals surface area (Å²) < 4.78 is 0. The molecule has 0 radical (unpaired) electrons. The molecule has 0 aliphatic heterocycles. The number of aliphatic hydroxyl groups is 1. The predicted molar refractivity (Wildman–Crippen MR) is 78.3 cm³/mol. The van der Waals surface area contributed by atoms with Crippen LogP contribution in [0, 0.1) is 13.8 Å². The molecule has 0 aliphatic carbocycles. The molecule has 0 bridgehead atoms. The van der Waals surface area contributed by atoms with Crippen molar-refractivity contribution in [2.45, 2.75) is 53.0 Å². The van der Waals surface area contributed by atoms with Crippen LogP contribution in [0.1, 0.15) is 56.0 Å². The smallest absolute Gasteiger partial charge is 0.217 e. The first-order valence-corrected chi connectivity index (χ1v) is 6.66. The SMILES string of the molecule is CC(=O)NC(CO)c1c(C)cc(C(C)(C)C)cc1C. The fourth-order valence-electron chi connectivity index (χ4n) is 2.41. The highest BCUT2D eigenvalue weighted by atomic mass is 16.3. The minimum Gasteiger partial charge on any atom is -0.394 e. The van der Waals surface area contributed by atoms with Gasteiger partial charge in [-0.15, -0.1) is 0 Å². The van der Waals surface area contributed by atoms with Crippen molar-refractivity contribution >= 4 is 5.91 Å². The first-order valence-electron chi connectivity index (χ1n) is 6.66. The Morgan fingerprint density at radius 3 is 2.05 bits per heavy atom. The largest absolute Gasteiger partial charge is 0.394 e. The summed E-state index contributed by atoms with van der Waals surface area (Å²) in [6.45, 7) is 12.0. The van der Waals surface area contributed by atoms with Crippen LogP contribution >= 0.6 is 0 Å². The van der Waals surface area contributed by atoms with E-state index in [1.807, 2.05) is 13.8 Å². The maximum atomic E-state index is 11.2. The van der Waals surface area contributed by atoms with Gasteiger partial charge in [0.1, 0.15) is 0 Å². The van der Waals surface area contributed by atoms with E-state index in [1.54, 1.807) is 0 Å². The Balaban J connectivity index is 3.26. The number of carbonyl (C=O) groups is 1. The molecule has 106 valence electrons. The molecule has 19 heavy (non-hydrogen) atoms. The molecule has 1 aromatic carbocycles. The molecule has 1 unspecified atom stereocenters. The van der Waals surface area contributed by atoms with Gasteiger partial charge in [0.15, 0.2) is 0 Å². The zero-order valence-electron chi connectivity index (χ0n) is 12.8. The molecule has 0 heterocycles. The molecule has 0 aromatic heterocycles. The van der Waals surface area contributed by atoms with Crippen LogP contribution in [0.25, 0.3) is 0 Å². The zero-order chi connectivity index (χ0) is 14.8. The van der Waals surface area contributed by atoms with Gasteiger partial charge in [0, 0.05) is 6.92 Å². The summed E-state index contributed by atoms with van der Waals surface area (Å²) in [4.78, 5) is 11.2. The van der Waals surface area contributed by atoms with E-state index in [9.17, 15) is 9.90 Å². The Labute approximate surface area is 116 Å². The molecular formula is C16H25NO2. The van der Waals surface area contributed by atoms with Gasteiger partial charge in [-0.1, -0.05) is 32.9 Å². The lowest BCUT2D eigenvalue weighted by atomic mass is 9.82. The minimum absolute atomic E-state index is 0.0872. The summed E-state index contributed by atoms with van der Waals surface area (Å²) in [5, 5.41) is 12.3. The lowest BCUT2D eigenvalue weighted by molar-refractivity contribution is -0.120. The fourth-order valence-corrected chi connectivity index (χ4v) is 2.41. The summed E-state index contributed by atoms with van der Waals surface area (Å²) in [7, 11) is 0. The lowest BCUT2D eigenvalue weighted by Crippen LogP contribution is -2.30. The monoisotopic (exact) mass is 263 g/mol. The van der Waals surface area contributed by atoms with E-state index >= 15 is 0 Å². The maximum absolute atomic E-state index is 11.2. The molecule has 0 spiro atoms. The summed E-state index contributed by atoms with van der Waals surface area (Å²) in [6, 6.07) is 3.96. The fraction of sp³-hybridized carbons (Fsp3) is 0.562. The molecule has 0 saturated carbocycles. The van der Waals surface area contributed by atoms with Crippen LogP contribution in [0.15, 0.2) is 12.1 Å². The third-order valence-corrected chi connectivity index (χ3v) is 3.37. The Morgan fingerprint density at radius 2 is 1.74 bits per heavy atom. The van der Waals surface area contributed by atoms with Crippen molar-refractivity contribution in [1.29, 1.82) is 0 Å². The Bertz CT molecular complexity index is 449. The number of aliphatic hydroxyl groups excluding tert-OH is 1. The first kappa shape index (κ1) is 15.7. The summed E-state index contributed by atoms with van der Waals surface area (Å²) in [5.41, 5.74) is 4.60. The Kier molecular flexibility index (Phi) is 4.75. The van der Waals surface area contributed by atoms with Crippen LogP contribution < -0.4 is 5.32 Å². The molecule has 3 heteroatoms. The van der Waals surface area contributed by atoms with E-state index in [4.69, 9.17) is 0 Å². The average Bonchev–Trinajstić information content (AvgIpc) is 2.24. The number of hydrogen-bond acceptors (Lipinski definition) is 2. The number of benzene rings is 1. The molecule has 2 N–H and O–H groups in total. The van der Waals surface area contributed by atoms with Crippen molar-refractivity contribution in [3.8, 4) is 0 Å². The van der Waals surface area contributed by atoms with E-state index in [0.717, 1.165) is 16.7 Å². The Morgan fingerprint density at radius 1 is 1.26 bits per heavy atom. The van der Waals surface area contributed by atoms with Gasteiger partial charge in [-0.05, 0) is 41.5 Å². The molecular weight excluding hydrogens is 238 g/mol. The van der Waals surface area contributed by atoms with Crippen LogP contribution in [0.4, 0.5) is 0 Å². The molecule has 1 rings (SSSR count). The van der Waals surface area contributed by atoms with E-state index in [0.29, 0.717) is 0 Å². The van der Waals surface area contributed by atoms with Gasteiger partial charge in [-0.2, -0.15) is 0 Å². The van der Waals surface area contributed by atoms with Gasteiger partial charge < -0.3 is 10.4 Å². The van der Waals surface area contributed by atoms with Gasteiger partial charge in [-0.3, -0.25) is 4.79 Å². The average molecular weight is 263 g/mol. The van der Waals surface area contributed by atoms with Crippen LogP contribution in [-0.2, 0) is 10.2 Å². The quantitative estimate of drug-likeness (QED) is 0.881. The van der Waals surface area contributed by atoms with Gasteiger partial charge >= 0.3 is 0 Å². The molecule has 1 atom stereocenters. The second-order valence-electron chi connectivity index (χ2n) is 6.21. The maximum Gasteiger partial charge on any atom is 0.217 e. The number of nitrogens with one attached hydrogen (secondary N) is 1. The van der Waals surface area contributed by atoms with Crippen molar-refractivity contribution in [3.05, 3.63) is 34.4 Å². The number of carbonyl (C=O) groups excluding carboxylic acids is 1. The normalized spacial score (nSPS) is 13.2. The summed E-state index contributed by atoms with van der Waals surface area (Å²) >= 11 is 0. The number of hydrogen-bond donors (Lipinski definition) is 2. The second-order valence-corrected chi connectivity index (χ2v) is 6.21. The van der Waals surface area contributed by atoms with Crippen molar-refractivity contribution < 1.29 is 9.90 Å². The highest BCUT2D eigenvalue weighted by molar-refractivity contribution is 5.73. The van der Waals surface area contributed by atoms with E-state index in [2.05, 4.69) is 38.2 Å². The summed E-state index contributed by atoms with van der Waals surface area (Å²) in [5.74, 6) is -0.127. The summed E-state index contributed by atoms with van der Waals surface area (Å²) in [6.07, 6.45) is 0. The molecule has 0 saturated heterocycles. The van der Waals surface area contributed by atoms with Crippen molar-refractivity contribution in [1.82, 2.24) is 5.32 Å². The van der Waals surface area contributed by atoms with Gasteiger partial charge in [0.2, 0.25) is 5.91 Å². The first-order chi connectivity index (χ1) is 8.66. The number of aryl methyl sites for hydroxylation is 2. The predicted octanol–water partition coefficient (Wildman–Crippen LogP) is 2.77. The van der Waals surface area contributed by atoms with Crippen LogP contribution in [0.2, 0.25) is 0 Å². The van der Waals surface area contributed by atoms with E-state index in [1.165, 1.54) is 12.5 Å². The molecule has 3 nitrogen and oxygen atoms in total. The van der Waals surface area contributed by atoms with Crippen LogP contribution in [-0.4, -0.2) is 17.6 Å². The highest BCUT2D eigenvalue weighted by Gasteiger charge is 2.20. The third kappa shape index (κ3) is 3.80. The van der Waals surface area contributed by atoms with Crippen molar-refractivity contribution in [2.75, 3.05) is 6.61 Å². The second kappa shape index (κ2) is 5.74.